The second kappa shape index (κ2) is 58.3. The number of methoxy groups -OCH3 is 4. The van der Waals surface area contributed by atoms with E-state index in [-0.39, 0.29) is 0 Å². The highest BCUT2D eigenvalue weighted by Gasteiger charge is 2.69. The van der Waals surface area contributed by atoms with Crippen LogP contribution in [0.5, 0.6) is 17.2 Å². The number of fused-ring (bicyclic) bond motifs is 12. The highest BCUT2D eigenvalue weighted by atomic mass is 35.5. The Bertz CT molecular complexity index is 4650. The second-order valence-corrected chi connectivity index (χ2v) is 22.1. The van der Waals surface area contributed by atoms with Crippen LogP contribution in [0.2, 0.25) is 0 Å². The fourth-order valence-corrected chi connectivity index (χ4v) is 12.9. The SMILES string of the molecule is CCCCCOC.CCl.CCl.CCl.CCl.CCl.CCl.CCl.CCl.CCl.CCl.CCl.CCl.COc1ccccc1-c1ccccc1.COc1ccccc1-c1ccccc1.COc1ccccc1-c1ccccc1.c1ccc2c(c1)C1=Nc3c4ccccc4c4n3C35n6c(c7ccccc7c6=NC6=[N+]3C(=N4)c3ccccc36)=NC2=[N+]15. The van der Waals surface area contributed by atoms with Gasteiger partial charge in [-0.1, -0.05) is 234 Å². The van der Waals surface area contributed by atoms with E-state index in [9.17, 15) is 0 Å². The van der Waals surface area contributed by atoms with Crippen LogP contribution >= 0.6 is 139 Å². The first-order valence-corrected chi connectivity index (χ1v) is 44.1. The molecule has 8 heterocycles. The van der Waals surface area contributed by atoms with E-state index in [1.807, 2.05) is 109 Å². The average molecular weight is 1790 g/mol. The van der Waals surface area contributed by atoms with Crippen LogP contribution in [0.4, 0.5) is 11.6 Å². The van der Waals surface area contributed by atoms with E-state index in [1.54, 1.807) is 28.4 Å². The number of amidine groups is 4. The van der Waals surface area contributed by atoms with Crippen molar-refractivity contribution in [1.82, 2.24) is 9.13 Å². The predicted octanol–water partition coefficient (Wildman–Crippen LogP) is 25.9. The largest absolute Gasteiger partial charge is 0.496 e. The average Bonchev–Trinajstić information content (AvgIpc) is 1.45. The van der Waals surface area contributed by atoms with E-state index in [0.717, 1.165) is 130 Å². The molecule has 1 spiro atoms. The van der Waals surface area contributed by atoms with Crippen molar-refractivity contribution in [3.05, 3.63) is 294 Å². The monoisotopic (exact) mass is 1780 g/mol. The van der Waals surface area contributed by atoms with Gasteiger partial charge in [0.15, 0.2) is 0 Å². The van der Waals surface area contributed by atoms with Crippen molar-refractivity contribution < 1.29 is 28.1 Å². The lowest BCUT2D eigenvalue weighted by molar-refractivity contribution is -0.790. The second-order valence-electron chi connectivity index (χ2n) is 22.1. The zero-order chi connectivity index (χ0) is 85.1. The van der Waals surface area contributed by atoms with Gasteiger partial charge >= 0.3 is 5.91 Å². The van der Waals surface area contributed by atoms with Gasteiger partial charge in [-0.2, -0.15) is 9.13 Å². The van der Waals surface area contributed by atoms with E-state index >= 15 is 0 Å². The van der Waals surface area contributed by atoms with Crippen LogP contribution in [0.25, 0.3) is 54.9 Å². The highest BCUT2D eigenvalue weighted by Crippen LogP contribution is 2.52. The molecule has 0 N–H and O–H groups in total. The number of hydrogen-bond donors (Lipinski definition) is 0. The summed E-state index contributed by atoms with van der Waals surface area (Å²) in [6, 6.07) is 88.8. The molecule has 114 heavy (non-hydrogen) atoms. The zero-order valence-corrected chi connectivity index (χ0v) is 76.5. The van der Waals surface area contributed by atoms with Gasteiger partial charge in [0.2, 0.25) is 22.6 Å². The summed E-state index contributed by atoms with van der Waals surface area (Å²) >= 11 is 55.7. The molecule has 0 atom stereocenters. The minimum absolute atomic E-state index is 0.898. The number of halogens is 12. The number of ether oxygens (including phenoxy) is 4. The van der Waals surface area contributed by atoms with E-state index in [1.165, 1.54) is 113 Å². The normalized spacial score (nSPS) is 11.4. The first kappa shape index (κ1) is 102. The zero-order valence-electron chi connectivity index (χ0n) is 67.4. The molecule has 0 amide bonds. The van der Waals surface area contributed by atoms with Gasteiger partial charge in [-0.05, 0) is 89.8 Å². The molecule has 0 aliphatic carbocycles. The Morgan fingerprint density at radius 2 is 0.535 bits per heavy atom. The summed E-state index contributed by atoms with van der Waals surface area (Å²) in [7, 11) is 6.83. The molecule has 12 aromatic rings. The van der Waals surface area contributed by atoms with E-state index in [0.29, 0.717) is 0 Å². The molecule has 0 unspecified atom stereocenters. The summed E-state index contributed by atoms with van der Waals surface area (Å²) in [5.41, 5.74) is 13.1. The Hall–Kier alpha value is -7.60. The molecule has 12 nitrogen and oxygen atoms in total. The van der Waals surface area contributed by atoms with Crippen LogP contribution in [0.3, 0.4) is 0 Å². The van der Waals surface area contributed by atoms with Crippen LogP contribution in [-0.4, -0.2) is 153 Å². The van der Waals surface area contributed by atoms with Gasteiger partial charge in [0.1, 0.15) is 17.2 Å². The van der Waals surface area contributed by atoms with Gasteiger partial charge in [-0.3, -0.25) is 0 Å². The lowest BCUT2D eigenvalue weighted by Crippen LogP contribution is -2.71. The number of unbranched alkanes of at least 4 members (excludes halogenated alkanes) is 2. The summed E-state index contributed by atoms with van der Waals surface area (Å²) in [6.45, 7) is 3.11. The van der Waals surface area contributed by atoms with Gasteiger partial charge in [-0.15, -0.1) is 148 Å². The van der Waals surface area contributed by atoms with Crippen molar-refractivity contribution in [2.75, 3.05) is 112 Å². The van der Waals surface area contributed by atoms with Crippen LogP contribution in [0.15, 0.2) is 281 Å². The molecule has 6 aliphatic heterocycles. The quantitative estimate of drug-likeness (QED) is 0.0773. The summed E-state index contributed by atoms with van der Waals surface area (Å²) in [6.07, 6.45) is 21.5. The Morgan fingerprint density at radius 1 is 0.281 bits per heavy atom. The minimum Gasteiger partial charge on any atom is -0.496 e. The molecule has 0 radical (unpaired) electrons. The van der Waals surface area contributed by atoms with Gasteiger partial charge < -0.3 is 18.9 Å². The molecule has 0 saturated heterocycles. The van der Waals surface area contributed by atoms with E-state index in [4.69, 9.17) is 38.9 Å². The summed E-state index contributed by atoms with van der Waals surface area (Å²) < 4.78 is 30.1. The molecule has 0 saturated carbocycles. The maximum Gasteiger partial charge on any atom is 0.404 e. The van der Waals surface area contributed by atoms with Gasteiger partial charge in [0, 0.05) is 129 Å². The third-order valence-corrected chi connectivity index (χ3v) is 16.9. The number of benzene rings is 10. The molecule has 608 valence electrons. The van der Waals surface area contributed by atoms with Crippen LogP contribution in [0.1, 0.15) is 48.4 Å². The molecule has 24 heteroatoms. The van der Waals surface area contributed by atoms with Crippen molar-refractivity contribution in [3.63, 3.8) is 0 Å². The van der Waals surface area contributed by atoms with Crippen molar-refractivity contribution in [2.24, 2.45) is 20.0 Å². The van der Waals surface area contributed by atoms with E-state index in [2.05, 4.69) is 316 Å². The molecular formula is C90H102Cl12N8O4+2. The number of hydrogen-bond acceptors (Lipinski definition) is 8. The molecular weight excluding hydrogens is 1680 g/mol. The summed E-state index contributed by atoms with van der Waals surface area (Å²) in [5, 5.41) is 4.33. The molecule has 18 rings (SSSR count). The van der Waals surface area contributed by atoms with Crippen molar-refractivity contribution >= 4 is 196 Å². The number of rotatable bonds is 10. The van der Waals surface area contributed by atoms with Crippen LogP contribution < -0.4 is 25.2 Å². The lowest BCUT2D eigenvalue weighted by Gasteiger charge is -2.40. The highest BCUT2D eigenvalue weighted by molar-refractivity contribution is 6.21. The predicted molar refractivity (Wildman–Crippen MR) is 502 cm³/mol. The van der Waals surface area contributed by atoms with Gasteiger partial charge in [0.25, 0.3) is 23.3 Å². The maximum atomic E-state index is 5.42. The number of para-hydroxylation sites is 3. The first-order chi connectivity index (χ1) is 56.5. The molecule has 0 bridgehead atoms. The van der Waals surface area contributed by atoms with Crippen molar-refractivity contribution in [3.8, 4) is 50.6 Å². The van der Waals surface area contributed by atoms with E-state index < -0.39 is 5.91 Å². The first-order valence-electron chi connectivity index (χ1n) is 35.0. The summed E-state index contributed by atoms with van der Waals surface area (Å²) in [4.78, 5) is 21.7. The number of alkyl halides is 12. The minimum atomic E-state index is -0.923. The molecule has 2 aromatic heterocycles. The van der Waals surface area contributed by atoms with Crippen LogP contribution in [0, 0.1) is 0 Å². The Morgan fingerprint density at radius 3 is 0.816 bits per heavy atom. The number of aliphatic imine (C=N–C) groups is 2. The topological polar surface area (TPSA) is 102 Å². The van der Waals surface area contributed by atoms with Gasteiger partial charge in [-0.25, -0.2) is 0 Å². The molecule has 10 aromatic carbocycles. The Labute approximate surface area is 735 Å². The fraction of sp³-hybridized carbons (Fsp3) is 0.244. The van der Waals surface area contributed by atoms with Crippen LogP contribution in [-0.2, 0) is 10.6 Å². The van der Waals surface area contributed by atoms with Crippen molar-refractivity contribution in [1.29, 1.82) is 0 Å². The third-order valence-electron chi connectivity index (χ3n) is 16.9. The Kier molecular flexibility index (Phi) is 52.4. The standard InChI is InChI=1S/C33H16N8.3C13H12O.C6H14O.12CH3Cl/c1-2-10-18-17(9-1)25-34-27-19-11-3-4-12-20(19)29-36-31-23-15-7-8-16-24(23)32-37-30-22-14-6-5-13-21(22)28-35-26(18)38(25)33(39(27)29,40(28)30)41(31)32;3*1-14-13-10-6-5-9-12(13)11-7-3-2-4-8-11;1-3-4-5-6-7-2;12*1-2/h1-16H;3*2-10H,1H3;3-6H2,1-2H3;12*1H3/q+2;;;;;;;;;;;;;;;;. The van der Waals surface area contributed by atoms with Crippen molar-refractivity contribution in [2.45, 2.75) is 32.1 Å². The summed E-state index contributed by atoms with van der Waals surface area (Å²) in [5.74, 6) is 7.21. The molecule has 0 fully saturated rings. The molecule has 6 aliphatic rings. The number of nitrogens with zero attached hydrogens (tertiary/aromatic N) is 8. The maximum absolute atomic E-state index is 5.42. The Balaban J connectivity index is 0.000000508. The fourth-order valence-electron chi connectivity index (χ4n) is 12.9. The van der Waals surface area contributed by atoms with Gasteiger partial charge in [0.05, 0.1) is 43.6 Å². The lowest BCUT2D eigenvalue weighted by atomic mass is 10.1. The smallest absolute Gasteiger partial charge is 0.404 e. The third kappa shape index (κ3) is 23.2. The number of aromatic nitrogens is 2.